The Hall–Kier alpha value is -1.46. The first-order valence-electron chi connectivity index (χ1n) is 7.68. The number of aliphatic imine (C=N–C) groups is 1. The van der Waals surface area contributed by atoms with Crippen molar-refractivity contribution in [3.05, 3.63) is 52.2 Å². The molecule has 0 aliphatic carbocycles. The van der Waals surface area contributed by atoms with E-state index in [9.17, 15) is 4.79 Å². The molecule has 122 valence electrons. The van der Waals surface area contributed by atoms with Crippen molar-refractivity contribution in [2.45, 2.75) is 26.2 Å². The summed E-state index contributed by atoms with van der Waals surface area (Å²) in [6.07, 6.45) is 3.24. The molecule has 0 bridgehead atoms. The molecule has 0 saturated heterocycles. The molecule has 0 fully saturated rings. The fourth-order valence-corrected chi connectivity index (χ4v) is 3.27. The number of nitrogens with zero attached hydrogens (tertiary/aromatic N) is 2. The standard InChI is InChI=1S/C18H20N2OS.BrH/c1-14-7-9-15(10-8-14)20(18-6-2-3-11-19-18)13-16(21)17-5-4-12-22-17;/h4-5,7-10,12H,2-3,6,11,13H2,1H3;1H. The highest BCUT2D eigenvalue weighted by Crippen LogP contribution is 2.21. The van der Waals surface area contributed by atoms with E-state index >= 15 is 0 Å². The Balaban J connectivity index is 0.00000192. The summed E-state index contributed by atoms with van der Waals surface area (Å²) in [7, 11) is 0. The molecule has 0 spiro atoms. The van der Waals surface area contributed by atoms with E-state index in [1.165, 1.54) is 16.9 Å². The number of hydrogen-bond acceptors (Lipinski definition) is 4. The molecule has 0 unspecified atom stereocenters. The lowest BCUT2D eigenvalue weighted by Crippen LogP contribution is -2.36. The summed E-state index contributed by atoms with van der Waals surface area (Å²) in [4.78, 5) is 20.1. The first-order valence-corrected chi connectivity index (χ1v) is 8.56. The fourth-order valence-electron chi connectivity index (χ4n) is 2.62. The Bertz CT molecular complexity index is 665. The van der Waals surface area contributed by atoms with Crippen LogP contribution in [0.3, 0.4) is 0 Å². The minimum atomic E-state index is 0. The second-order valence-corrected chi connectivity index (χ2v) is 6.52. The summed E-state index contributed by atoms with van der Waals surface area (Å²) in [6.45, 7) is 3.30. The van der Waals surface area contributed by atoms with E-state index in [-0.39, 0.29) is 22.8 Å². The molecule has 23 heavy (non-hydrogen) atoms. The zero-order valence-corrected chi connectivity index (χ0v) is 15.7. The van der Waals surface area contributed by atoms with Gasteiger partial charge in [-0.1, -0.05) is 23.8 Å². The molecule has 0 atom stereocenters. The van der Waals surface area contributed by atoms with Crippen LogP contribution in [0.25, 0.3) is 0 Å². The van der Waals surface area contributed by atoms with Crippen LogP contribution in [0.2, 0.25) is 0 Å². The Morgan fingerprint density at radius 3 is 2.61 bits per heavy atom. The number of carbonyl (C=O) groups is 1. The van der Waals surface area contributed by atoms with Crippen LogP contribution in [0.4, 0.5) is 5.69 Å². The Morgan fingerprint density at radius 1 is 1.22 bits per heavy atom. The van der Waals surface area contributed by atoms with Gasteiger partial charge in [0.15, 0.2) is 5.78 Å². The summed E-state index contributed by atoms with van der Waals surface area (Å²) in [6, 6.07) is 12.1. The molecule has 2 aromatic rings. The molecule has 0 N–H and O–H groups in total. The number of thiophene rings is 1. The largest absolute Gasteiger partial charge is 0.322 e. The minimum Gasteiger partial charge on any atom is -0.322 e. The fraction of sp³-hybridized carbons (Fsp3) is 0.333. The van der Waals surface area contributed by atoms with Crippen molar-refractivity contribution in [3.63, 3.8) is 0 Å². The van der Waals surface area contributed by atoms with Gasteiger partial charge in [-0.15, -0.1) is 28.3 Å². The summed E-state index contributed by atoms with van der Waals surface area (Å²) in [5.41, 5.74) is 2.27. The highest BCUT2D eigenvalue weighted by atomic mass is 79.9. The van der Waals surface area contributed by atoms with Crippen molar-refractivity contribution >= 4 is 45.6 Å². The number of benzene rings is 1. The zero-order chi connectivity index (χ0) is 15.4. The second-order valence-electron chi connectivity index (χ2n) is 5.58. The van der Waals surface area contributed by atoms with Gasteiger partial charge in [0.1, 0.15) is 5.84 Å². The first kappa shape index (κ1) is 17.9. The predicted octanol–water partition coefficient (Wildman–Crippen LogP) is 4.91. The summed E-state index contributed by atoms with van der Waals surface area (Å²) in [5, 5.41) is 1.95. The number of Topliss-reactive ketones (excluding diaryl/α,β-unsaturated/α-hetero) is 1. The smallest absolute Gasteiger partial charge is 0.192 e. The van der Waals surface area contributed by atoms with Crippen LogP contribution in [-0.2, 0) is 0 Å². The molecular formula is C18H21BrN2OS. The maximum Gasteiger partial charge on any atom is 0.192 e. The summed E-state index contributed by atoms with van der Waals surface area (Å²) >= 11 is 1.50. The Labute approximate surface area is 151 Å². The third-order valence-electron chi connectivity index (χ3n) is 3.86. The van der Waals surface area contributed by atoms with E-state index in [1.54, 1.807) is 0 Å². The van der Waals surface area contributed by atoms with Crippen LogP contribution in [0, 0.1) is 6.92 Å². The van der Waals surface area contributed by atoms with Crippen molar-refractivity contribution in [1.29, 1.82) is 0 Å². The average molecular weight is 393 g/mol. The SMILES string of the molecule is Br.Cc1ccc(N(CC(=O)c2cccs2)C2=NCCCC2)cc1. The van der Waals surface area contributed by atoms with Crippen molar-refractivity contribution in [1.82, 2.24) is 0 Å². The van der Waals surface area contributed by atoms with Crippen LogP contribution in [0.5, 0.6) is 0 Å². The van der Waals surface area contributed by atoms with Crippen LogP contribution in [-0.4, -0.2) is 24.7 Å². The highest BCUT2D eigenvalue weighted by Gasteiger charge is 2.20. The molecule has 3 rings (SSSR count). The first-order chi connectivity index (χ1) is 10.7. The molecule has 0 amide bonds. The quantitative estimate of drug-likeness (QED) is 0.692. The summed E-state index contributed by atoms with van der Waals surface area (Å²) < 4.78 is 0. The lowest BCUT2D eigenvalue weighted by molar-refractivity contribution is 0.101. The number of ketones is 1. The number of amidine groups is 1. The van der Waals surface area contributed by atoms with Gasteiger partial charge in [-0.25, -0.2) is 0 Å². The van der Waals surface area contributed by atoms with E-state index in [0.29, 0.717) is 6.54 Å². The third-order valence-corrected chi connectivity index (χ3v) is 4.77. The van der Waals surface area contributed by atoms with Gasteiger partial charge < -0.3 is 4.90 Å². The molecule has 1 aliphatic heterocycles. The number of carbonyl (C=O) groups excluding carboxylic acids is 1. The molecular weight excluding hydrogens is 372 g/mol. The molecule has 0 radical (unpaired) electrons. The van der Waals surface area contributed by atoms with Crippen molar-refractivity contribution in [3.8, 4) is 0 Å². The molecule has 1 aromatic carbocycles. The molecule has 1 aromatic heterocycles. The molecule has 0 saturated carbocycles. The number of rotatable bonds is 4. The number of aryl methyl sites for hydroxylation is 1. The van der Waals surface area contributed by atoms with Gasteiger partial charge in [-0.3, -0.25) is 9.79 Å². The number of anilines is 1. The van der Waals surface area contributed by atoms with Crippen LogP contribution < -0.4 is 4.90 Å². The van der Waals surface area contributed by atoms with E-state index in [4.69, 9.17) is 0 Å². The van der Waals surface area contributed by atoms with Gasteiger partial charge in [0.25, 0.3) is 0 Å². The van der Waals surface area contributed by atoms with E-state index < -0.39 is 0 Å². The van der Waals surface area contributed by atoms with Crippen molar-refractivity contribution in [2.75, 3.05) is 18.0 Å². The van der Waals surface area contributed by atoms with Gasteiger partial charge in [0.2, 0.25) is 0 Å². The van der Waals surface area contributed by atoms with Crippen LogP contribution in [0.15, 0.2) is 46.8 Å². The monoisotopic (exact) mass is 392 g/mol. The lowest BCUT2D eigenvalue weighted by atomic mass is 10.1. The van der Waals surface area contributed by atoms with Crippen molar-refractivity contribution in [2.24, 2.45) is 4.99 Å². The van der Waals surface area contributed by atoms with Gasteiger partial charge in [-0.2, -0.15) is 0 Å². The van der Waals surface area contributed by atoms with Gasteiger partial charge >= 0.3 is 0 Å². The minimum absolute atomic E-state index is 0. The van der Waals surface area contributed by atoms with E-state index in [2.05, 4.69) is 41.1 Å². The number of halogens is 1. The van der Waals surface area contributed by atoms with Crippen LogP contribution in [0.1, 0.15) is 34.5 Å². The topological polar surface area (TPSA) is 32.7 Å². The van der Waals surface area contributed by atoms with Crippen molar-refractivity contribution < 1.29 is 4.79 Å². The van der Waals surface area contributed by atoms with Gasteiger partial charge in [0.05, 0.1) is 11.4 Å². The van der Waals surface area contributed by atoms with Crippen LogP contribution >= 0.6 is 28.3 Å². The Kier molecular flexibility index (Phi) is 6.54. The lowest BCUT2D eigenvalue weighted by Gasteiger charge is -2.27. The maximum atomic E-state index is 12.5. The second kappa shape index (κ2) is 8.41. The van der Waals surface area contributed by atoms with E-state index in [0.717, 1.165) is 42.2 Å². The highest BCUT2D eigenvalue weighted by molar-refractivity contribution is 8.93. The normalized spacial score (nSPS) is 13.9. The Morgan fingerprint density at radius 2 is 2.00 bits per heavy atom. The average Bonchev–Trinajstić information content (AvgIpc) is 3.09. The zero-order valence-electron chi connectivity index (χ0n) is 13.2. The third kappa shape index (κ3) is 4.52. The molecule has 5 heteroatoms. The van der Waals surface area contributed by atoms with E-state index in [1.807, 2.05) is 17.5 Å². The summed E-state index contributed by atoms with van der Waals surface area (Å²) in [5.74, 6) is 1.20. The molecule has 2 heterocycles. The molecule has 1 aliphatic rings. The predicted molar refractivity (Wildman–Crippen MR) is 104 cm³/mol. The number of hydrogen-bond donors (Lipinski definition) is 0. The van der Waals surface area contributed by atoms with Gasteiger partial charge in [-0.05, 0) is 43.3 Å². The molecule has 3 nitrogen and oxygen atoms in total. The van der Waals surface area contributed by atoms with Gasteiger partial charge in [0, 0.05) is 18.7 Å². The maximum absolute atomic E-state index is 12.5.